The molecule has 0 saturated heterocycles. The molecule has 0 aromatic carbocycles. The Kier molecular flexibility index (Phi) is 2.66. The Morgan fingerprint density at radius 1 is 0.929 bits per heavy atom. The van der Waals surface area contributed by atoms with E-state index in [2.05, 4.69) is 20.6 Å². The van der Waals surface area contributed by atoms with Crippen molar-refractivity contribution in [2.75, 3.05) is 0 Å². The molecular formula is C10H10N4. The lowest BCUT2D eigenvalue weighted by molar-refractivity contribution is 0.881. The van der Waals surface area contributed by atoms with Gasteiger partial charge in [-0.15, -0.1) is 10.2 Å². The van der Waals surface area contributed by atoms with Crippen LogP contribution in [0.15, 0.2) is 48.6 Å². The highest BCUT2D eigenvalue weighted by atomic mass is 15.5. The van der Waals surface area contributed by atoms with Gasteiger partial charge in [-0.1, -0.05) is 53.8 Å². The molecule has 1 aromatic heterocycles. The molecule has 1 unspecified atom stereocenters. The van der Waals surface area contributed by atoms with Crippen molar-refractivity contribution in [1.29, 1.82) is 0 Å². The molecular weight excluding hydrogens is 176 g/mol. The van der Waals surface area contributed by atoms with Crippen LogP contribution in [0.3, 0.4) is 0 Å². The summed E-state index contributed by atoms with van der Waals surface area (Å²) in [4.78, 5) is 0. The normalized spacial score (nSPS) is 27.3. The molecule has 0 saturated carbocycles. The molecule has 1 aromatic rings. The molecule has 1 atom stereocenters. The Bertz CT molecular complexity index is 362. The summed E-state index contributed by atoms with van der Waals surface area (Å²) >= 11 is 0. The summed E-state index contributed by atoms with van der Waals surface area (Å²) in [5.41, 5.74) is 0. The molecule has 70 valence electrons. The fourth-order valence-corrected chi connectivity index (χ4v) is 1.17. The number of aromatic amines is 1. The average molecular weight is 186 g/mol. The van der Waals surface area contributed by atoms with E-state index >= 15 is 0 Å². The Labute approximate surface area is 81.7 Å². The Morgan fingerprint density at radius 3 is 2.14 bits per heavy atom. The van der Waals surface area contributed by atoms with Gasteiger partial charge in [-0.3, -0.25) is 0 Å². The van der Waals surface area contributed by atoms with E-state index in [1.807, 2.05) is 48.6 Å². The number of aromatic nitrogens is 4. The molecule has 14 heavy (non-hydrogen) atoms. The van der Waals surface area contributed by atoms with Gasteiger partial charge >= 0.3 is 0 Å². The van der Waals surface area contributed by atoms with Crippen molar-refractivity contribution < 1.29 is 0 Å². The largest absolute Gasteiger partial charge is 0.185 e. The zero-order valence-electron chi connectivity index (χ0n) is 7.54. The smallest absolute Gasteiger partial charge is 0.177 e. The minimum Gasteiger partial charge on any atom is -0.177 e. The maximum atomic E-state index is 3.94. The first-order valence-electron chi connectivity index (χ1n) is 4.38. The maximum Gasteiger partial charge on any atom is 0.185 e. The first-order chi connectivity index (χ1) is 6.97. The lowest BCUT2D eigenvalue weighted by Gasteiger charge is -1.98. The van der Waals surface area contributed by atoms with Gasteiger partial charge in [0, 0.05) is 0 Å². The van der Waals surface area contributed by atoms with Crippen LogP contribution >= 0.6 is 0 Å². The van der Waals surface area contributed by atoms with Crippen LogP contribution in [0.4, 0.5) is 0 Å². The van der Waals surface area contributed by atoms with Crippen molar-refractivity contribution in [3.8, 4) is 0 Å². The SMILES string of the molecule is C1=CC(c2nn[nH]n2)\C=C/C=C\C=C/1. The van der Waals surface area contributed by atoms with Gasteiger partial charge in [0.15, 0.2) is 5.82 Å². The molecule has 1 heterocycles. The summed E-state index contributed by atoms with van der Waals surface area (Å²) < 4.78 is 0. The zero-order chi connectivity index (χ0) is 9.64. The Morgan fingerprint density at radius 2 is 1.57 bits per heavy atom. The van der Waals surface area contributed by atoms with E-state index in [0.29, 0.717) is 5.82 Å². The van der Waals surface area contributed by atoms with Gasteiger partial charge in [0.2, 0.25) is 0 Å². The molecule has 2 rings (SSSR count). The van der Waals surface area contributed by atoms with Gasteiger partial charge in [0.1, 0.15) is 0 Å². The highest BCUT2D eigenvalue weighted by Gasteiger charge is 2.07. The van der Waals surface area contributed by atoms with E-state index in [4.69, 9.17) is 0 Å². The number of nitrogens with zero attached hydrogens (tertiary/aromatic N) is 3. The third kappa shape index (κ3) is 2.04. The summed E-state index contributed by atoms with van der Waals surface area (Å²) in [6, 6.07) is 0. The van der Waals surface area contributed by atoms with Crippen molar-refractivity contribution in [2.45, 2.75) is 5.92 Å². The molecule has 0 radical (unpaired) electrons. The summed E-state index contributed by atoms with van der Waals surface area (Å²) in [5.74, 6) is 0.766. The molecule has 0 fully saturated rings. The van der Waals surface area contributed by atoms with E-state index in [1.54, 1.807) is 0 Å². The molecule has 1 aliphatic rings. The monoisotopic (exact) mass is 186 g/mol. The fraction of sp³-hybridized carbons (Fsp3) is 0.100. The fourth-order valence-electron chi connectivity index (χ4n) is 1.17. The van der Waals surface area contributed by atoms with Crippen LogP contribution < -0.4 is 0 Å². The number of nitrogens with one attached hydrogen (secondary N) is 1. The van der Waals surface area contributed by atoms with Gasteiger partial charge in [-0.25, -0.2) is 0 Å². The summed E-state index contributed by atoms with van der Waals surface area (Å²) in [6.07, 6.45) is 15.9. The minimum absolute atomic E-state index is 0.0844. The van der Waals surface area contributed by atoms with Gasteiger partial charge in [0.25, 0.3) is 0 Å². The molecule has 0 spiro atoms. The number of H-pyrrole nitrogens is 1. The standard InChI is InChI=1S/C10H10N4/c1-2-4-6-8-9(7-5-3-1)10-11-13-14-12-10/h1-9H,(H,11,12,13,14)/b3-1-,4-2-,7-5-,8-6?. The predicted octanol–water partition coefficient (Wildman–Crippen LogP) is 1.52. The van der Waals surface area contributed by atoms with Crippen LogP contribution in [-0.2, 0) is 0 Å². The van der Waals surface area contributed by atoms with E-state index in [1.165, 1.54) is 0 Å². The predicted molar refractivity (Wildman–Crippen MR) is 53.5 cm³/mol. The average Bonchev–Trinajstić information content (AvgIpc) is 2.75. The van der Waals surface area contributed by atoms with Crippen LogP contribution in [-0.4, -0.2) is 20.6 Å². The highest BCUT2D eigenvalue weighted by Crippen LogP contribution is 2.13. The topological polar surface area (TPSA) is 54.5 Å². The van der Waals surface area contributed by atoms with Crippen molar-refractivity contribution in [2.24, 2.45) is 0 Å². The third-order valence-electron chi connectivity index (χ3n) is 1.85. The number of hydrogen-bond acceptors (Lipinski definition) is 3. The molecule has 1 aliphatic carbocycles. The first-order valence-corrected chi connectivity index (χ1v) is 4.38. The van der Waals surface area contributed by atoms with E-state index in [0.717, 1.165) is 0 Å². The molecule has 4 heteroatoms. The van der Waals surface area contributed by atoms with E-state index in [9.17, 15) is 0 Å². The molecule has 1 N–H and O–H groups in total. The highest BCUT2D eigenvalue weighted by molar-refractivity contribution is 5.25. The van der Waals surface area contributed by atoms with Gasteiger partial charge in [0.05, 0.1) is 5.92 Å². The second kappa shape index (κ2) is 4.32. The van der Waals surface area contributed by atoms with Gasteiger partial charge in [-0.2, -0.15) is 5.21 Å². The Hall–Kier alpha value is -1.97. The quantitative estimate of drug-likeness (QED) is 0.723. The van der Waals surface area contributed by atoms with Crippen molar-refractivity contribution in [1.82, 2.24) is 20.6 Å². The first kappa shape index (κ1) is 8.62. The minimum atomic E-state index is 0.0844. The summed E-state index contributed by atoms with van der Waals surface area (Å²) in [7, 11) is 0. The number of hydrogen-bond donors (Lipinski definition) is 1. The van der Waals surface area contributed by atoms with E-state index in [-0.39, 0.29) is 5.92 Å². The van der Waals surface area contributed by atoms with Gasteiger partial charge < -0.3 is 0 Å². The molecule has 0 amide bonds. The lowest BCUT2D eigenvalue weighted by Crippen LogP contribution is -1.94. The molecule has 0 aliphatic heterocycles. The third-order valence-corrected chi connectivity index (χ3v) is 1.85. The number of rotatable bonds is 1. The van der Waals surface area contributed by atoms with Crippen molar-refractivity contribution in [3.63, 3.8) is 0 Å². The summed E-state index contributed by atoms with van der Waals surface area (Å²) in [6.45, 7) is 0. The zero-order valence-corrected chi connectivity index (χ0v) is 7.54. The lowest BCUT2D eigenvalue weighted by atomic mass is 10.1. The molecule has 0 bridgehead atoms. The van der Waals surface area contributed by atoms with Crippen molar-refractivity contribution in [3.05, 3.63) is 54.4 Å². The second-order valence-electron chi connectivity index (χ2n) is 2.84. The molecule has 4 nitrogen and oxygen atoms in total. The van der Waals surface area contributed by atoms with Gasteiger partial charge in [-0.05, 0) is 0 Å². The Balaban J connectivity index is 2.26. The van der Waals surface area contributed by atoms with Crippen LogP contribution in [0.5, 0.6) is 0 Å². The summed E-state index contributed by atoms with van der Waals surface area (Å²) in [5, 5.41) is 13.9. The number of allylic oxidation sites excluding steroid dienone is 8. The number of tetrazole rings is 1. The van der Waals surface area contributed by atoms with Crippen LogP contribution in [0.25, 0.3) is 0 Å². The van der Waals surface area contributed by atoms with E-state index < -0.39 is 0 Å². The maximum absolute atomic E-state index is 3.94. The van der Waals surface area contributed by atoms with Crippen LogP contribution in [0.2, 0.25) is 0 Å². The van der Waals surface area contributed by atoms with Crippen LogP contribution in [0, 0.1) is 0 Å². The second-order valence-corrected chi connectivity index (χ2v) is 2.84. The van der Waals surface area contributed by atoms with Crippen molar-refractivity contribution >= 4 is 0 Å². The van der Waals surface area contributed by atoms with Crippen LogP contribution in [0.1, 0.15) is 11.7 Å².